The van der Waals surface area contributed by atoms with E-state index in [4.69, 9.17) is 4.74 Å². The van der Waals surface area contributed by atoms with Gasteiger partial charge in [0.25, 0.3) is 5.91 Å². The van der Waals surface area contributed by atoms with Crippen LogP contribution in [0.4, 0.5) is 0 Å². The molecule has 144 valence electrons. The number of methoxy groups -OCH3 is 1. The molecule has 1 aliphatic heterocycles. The minimum atomic E-state index is -0.0132. The molecule has 0 aromatic heterocycles. The zero-order valence-electron chi connectivity index (χ0n) is 16.4. The van der Waals surface area contributed by atoms with Crippen LogP contribution < -0.4 is 10.1 Å². The molecule has 1 heterocycles. The number of rotatable bonds is 6. The van der Waals surface area contributed by atoms with Gasteiger partial charge < -0.3 is 15.0 Å². The number of aryl methyl sites for hydroxylation is 1. The number of nitrogens with zero attached hydrogens (tertiary/aromatic N) is 2. The molecule has 3 rings (SSSR count). The van der Waals surface area contributed by atoms with Gasteiger partial charge in [0.15, 0.2) is 0 Å². The molecule has 1 amide bonds. The van der Waals surface area contributed by atoms with Crippen LogP contribution in [0.5, 0.6) is 5.75 Å². The number of piperazine rings is 1. The quantitative estimate of drug-likeness (QED) is 0.853. The minimum absolute atomic E-state index is 0.0132. The number of ether oxygens (including phenoxy) is 1. The topological polar surface area (TPSA) is 44.8 Å². The highest BCUT2D eigenvalue weighted by Gasteiger charge is 2.24. The second kappa shape index (κ2) is 9.02. The lowest BCUT2D eigenvalue weighted by molar-refractivity contribution is 0.0885. The van der Waals surface area contributed by atoms with Crippen molar-refractivity contribution in [1.82, 2.24) is 15.1 Å². The van der Waals surface area contributed by atoms with Crippen LogP contribution >= 0.6 is 0 Å². The molecule has 2 aromatic carbocycles. The second-order valence-electron chi connectivity index (χ2n) is 7.15. The standard InChI is InChI=1S/C22H29N3O2/c1-17-6-4-5-7-20(17)22(26)23-16-21(25-14-12-24(2)13-15-25)18-8-10-19(27-3)11-9-18/h4-11,21H,12-16H2,1-3H3,(H,23,26)/t21-/m1/s1. The third-order valence-corrected chi connectivity index (χ3v) is 5.32. The van der Waals surface area contributed by atoms with Crippen molar-refractivity contribution >= 4 is 5.91 Å². The number of hydrogen-bond donors (Lipinski definition) is 1. The first-order chi connectivity index (χ1) is 13.1. The lowest BCUT2D eigenvalue weighted by atomic mass is 10.0. The Morgan fingerprint density at radius 2 is 1.74 bits per heavy atom. The third kappa shape index (κ3) is 4.87. The molecular formula is C22H29N3O2. The van der Waals surface area contributed by atoms with E-state index < -0.39 is 0 Å². The molecule has 5 heteroatoms. The van der Waals surface area contributed by atoms with Gasteiger partial charge in [0.2, 0.25) is 0 Å². The summed E-state index contributed by atoms with van der Waals surface area (Å²) in [5.41, 5.74) is 2.94. The second-order valence-corrected chi connectivity index (χ2v) is 7.15. The SMILES string of the molecule is COc1ccc([C@@H](CNC(=O)c2ccccc2C)N2CCN(C)CC2)cc1. The summed E-state index contributed by atoms with van der Waals surface area (Å²) in [5.74, 6) is 0.834. The van der Waals surface area contributed by atoms with Gasteiger partial charge in [-0.3, -0.25) is 9.69 Å². The fraction of sp³-hybridized carbons (Fsp3) is 0.409. The summed E-state index contributed by atoms with van der Waals surface area (Å²) >= 11 is 0. The maximum Gasteiger partial charge on any atom is 0.251 e. The van der Waals surface area contributed by atoms with E-state index in [0.29, 0.717) is 6.54 Å². The molecule has 1 saturated heterocycles. The van der Waals surface area contributed by atoms with Gasteiger partial charge in [-0.05, 0) is 43.3 Å². The largest absolute Gasteiger partial charge is 0.497 e. The summed E-state index contributed by atoms with van der Waals surface area (Å²) in [4.78, 5) is 17.5. The Labute approximate surface area is 161 Å². The van der Waals surface area contributed by atoms with Crippen LogP contribution in [-0.2, 0) is 0 Å². The average Bonchev–Trinajstić information content (AvgIpc) is 2.70. The molecule has 0 saturated carbocycles. The zero-order valence-corrected chi connectivity index (χ0v) is 16.4. The number of carbonyl (C=O) groups is 1. The monoisotopic (exact) mass is 367 g/mol. The Hall–Kier alpha value is -2.37. The van der Waals surface area contributed by atoms with E-state index in [1.165, 1.54) is 5.56 Å². The lowest BCUT2D eigenvalue weighted by Crippen LogP contribution is -2.48. The predicted molar refractivity (Wildman–Crippen MR) is 108 cm³/mol. The number of carbonyl (C=O) groups excluding carboxylic acids is 1. The summed E-state index contributed by atoms with van der Waals surface area (Å²) in [5, 5.41) is 3.15. The van der Waals surface area contributed by atoms with Crippen LogP contribution in [-0.4, -0.2) is 62.6 Å². The van der Waals surface area contributed by atoms with Crippen LogP contribution in [0, 0.1) is 6.92 Å². The van der Waals surface area contributed by atoms with Crippen LogP contribution in [0.1, 0.15) is 27.5 Å². The van der Waals surface area contributed by atoms with E-state index >= 15 is 0 Å². The normalized spacial score (nSPS) is 16.7. The number of likely N-dealkylation sites (N-methyl/N-ethyl adjacent to an activating group) is 1. The molecular weight excluding hydrogens is 338 g/mol. The highest BCUT2D eigenvalue weighted by atomic mass is 16.5. The number of nitrogens with one attached hydrogen (secondary N) is 1. The molecule has 1 N–H and O–H groups in total. The summed E-state index contributed by atoms with van der Waals surface area (Å²) in [6.07, 6.45) is 0. The Bertz CT molecular complexity index is 752. The maximum atomic E-state index is 12.7. The van der Waals surface area contributed by atoms with Crippen molar-refractivity contribution in [2.45, 2.75) is 13.0 Å². The third-order valence-electron chi connectivity index (χ3n) is 5.32. The van der Waals surface area contributed by atoms with Crippen LogP contribution in [0.15, 0.2) is 48.5 Å². The minimum Gasteiger partial charge on any atom is -0.497 e. The van der Waals surface area contributed by atoms with Crippen molar-refractivity contribution in [1.29, 1.82) is 0 Å². The summed E-state index contributed by atoms with van der Waals surface area (Å²) < 4.78 is 5.29. The smallest absolute Gasteiger partial charge is 0.251 e. The van der Waals surface area contributed by atoms with Crippen molar-refractivity contribution in [3.63, 3.8) is 0 Å². The molecule has 2 aromatic rings. The first-order valence-corrected chi connectivity index (χ1v) is 9.49. The van der Waals surface area contributed by atoms with Crippen LogP contribution in [0.3, 0.4) is 0 Å². The Morgan fingerprint density at radius 3 is 2.37 bits per heavy atom. The Balaban J connectivity index is 1.75. The van der Waals surface area contributed by atoms with Crippen LogP contribution in [0.25, 0.3) is 0 Å². The van der Waals surface area contributed by atoms with Crippen molar-refractivity contribution in [2.75, 3.05) is 46.9 Å². The molecule has 0 aliphatic carbocycles. The van der Waals surface area contributed by atoms with Gasteiger partial charge >= 0.3 is 0 Å². The van der Waals surface area contributed by atoms with E-state index in [9.17, 15) is 4.79 Å². The zero-order chi connectivity index (χ0) is 19.2. The Kier molecular flexibility index (Phi) is 6.48. The highest BCUT2D eigenvalue weighted by molar-refractivity contribution is 5.95. The summed E-state index contributed by atoms with van der Waals surface area (Å²) in [6, 6.07) is 16.0. The lowest BCUT2D eigenvalue weighted by Gasteiger charge is -2.38. The fourth-order valence-electron chi connectivity index (χ4n) is 3.53. The van der Waals surface area contributed by atoms with Gasteiger partial charge in [-0.2, -0.15) is 0 Å². The van der Waals surface area contributed by atoms with Gasteiger partial charge in [0.1, 0.15) is 5.75 Å². The van der Waals surface area contributed by atoms with Gasteiger partial charge in [-0.1, -0.05) is 30.3 Å². The molecule has 0 radical (unpaired) electrons. The average molecular weight is 367 g/mol. The Morgan fingerprint density at radius 1 is 1.07 bits per heavy atom. The van der Waals surface area contributed by atoms with E-state index in [2.05, 4.69) is 34.3 Å². The van der Waals surface area contributed by atoms with Gasteiger partial charge in [0, 0.05) is 38.3 Å². The molecule has 1 atom stereocenters. The van der Waals surface area contributed by atoms with E-state index in [0.717, 1.165) is 43.1 Å². The summed E-state index contributed by atoms with van der Waals surface area (Å²) in [7, 11) is 3.83. The van der Waals surface area contributed by atoms with Gasteiger partial charge in [0.05, 0.1) is 13.2 Å². The first-order valence-electron chi connectivity index (χ1n) is 9.49. The van der Waals surface area contributed by atoms with Gasteiger partial charge in [-0.15, -0.1) is 0 Å². The number of amides is 1. The molecule has 0 unspecified atom stereocenters. The highest BCUT2D eigenvalue weighted by Crippen LogP contribution is 2.24. The molecule has 5 nitrogen and oxygen atoms in total. The molecule has 0 bridgehead atoms. The molecule has 1 fully saturated rings. The molecule has 1 aliphatic rings. The number of hydrogen-bond acceptors (Lipinski definition) is 4. The maximum absolute atomic E-state index is 12.7. The number of benzene rings is 2. The predicted octanol–water partition coefficient (Wildman–Crippen LogP) is 2.72. The van der Waals surface area contributed by atoms with E-state index in [1.54, 1.807) is 7.11 Å². The fourth-order valence-corrected chi connectivity index (χ4v) is 3.53. The summed E-state index contributed by atoms with van der Waals surface area (Å²) in [6.45, 7) is 6.62. The van der Waals surface area contributed by atoms with E-state index in [1.807, 2.05) is 43.3 Å². The van der Waals surface area contributed by atoms with E-state index in [-0.39, 0.29) is 11.9 Å². The van der Waals surface area contributed by atoms with Crippen LogP contribution in [0.2, 0.25) is 0 Å². The van der Waals surface area contributed by atoms with Crippen molar-refractivity contribution in [2.24, 2.45) is 0 Å². The van der Waals surface area contributed by atoms with Crippen molar-refractivity contribution < 1.29 is 9.53 Å². The molecule has 27 heavy (non-hydrogen) atoms. The van der Waals surface area contributed by atoms with Crippen molar-refractivity contribution in [3.8, 4) is 5.75 Å². The van der Waals surface area contributed by atoms with Gasteiger partial charge in [-0.25, -0.2) is 0 Å². The first kappa shape index (κ1) is 19.4. The molecule has 0 spiro atoms. The van der Waals surface area contributed by atoms with Crippen molar-refractivity contribution in [3.05, 3.63) is 65.2 Å².